The average Bonchev–Trinajstić information content (AvgIpc) is 2.76. The molecule has 0 spiro atoms. The highest BCUT2D eigenvalue weighted by Crippen LogP contribution is 2.34. The smallest absolute Gasteiger partial charge is 0.148 e. The predicted molar refractivity (Wildman–Crippen MR) is 71.1 cm³/mol. The van der Waals surface area contributed by atoms with Crippen LogP contribution in [0.2, 0.25) is 5.15 Å². The SMILES string of the molecule is Clc1ncnc(N2Cc3ccccc3C2)c1Br. The molecule has 0 radical (unpaired) electrons. The number of aromatic nitrogens is 2. The van der Waals surface area contributed by atoms with Crippen molar-refractivity contribution in [3.05, 3.63) is 51.3 Å². The molecule has 1 aliphatic rings. The topological polar surface area (TPSA) is 29.0 Å². The van der Waals surface area contributed by atoms with E-state index in [2.05, 4.69) is 55.1 Å². The molecule has 0 saturated heterocycles. The van der Waals surface area contributed by atoms with Crippen molar-refractivity contribution in [1.82, 2.24) is 9.97 Å². The molecular formula is C12H9BrClN3. The second-order valence-electron chi connectivity index (χ2n) is 3.93. The molecule has 0 amide bonds. The summed E-state index contributed by atoms with van der Waals surface area (Å²) in [5.74, 6) is 0.848. The van der Waals surface area contributed by atoms with Crippen LogP contribution >= 0.6 is 27.5 Å². The van der Waals surface area contributed by atoms with Gasteiger partial charge in [0.2, 0.25) is 0 Å². The van der Waals surface area contributed by atoms with E-state index in [1.54, 1.807) is 0 Å². The second-order valence-corrected chi connectivity index (χ2v) is 5.08. The molecule has 0 bridgehead atoms. The van der Waals surface area contributed by atoms with Gasteiger partial charge >= 0.3 is 0 Å². The zero-order valence-corrected chi connectivity index (χ0v) is 11.2. The van der Waals surface area contributed by atoms with Gasteiger partial charge in [-0.25, -0.2) is 9.97 Å². The molecule has 5 heteroatoms. The molecule has 2 aromatic rings. The first-order valence-electron chi connectivity index (χ1n) is 5.23. The van der Waals surface area contributed by atoms with Gasteiger partial charge in [0.1, 0.15) is 17.3 Å². The molecule has 0 aliphatic carbocycles. The summed E-state index contributed by atoms with van der Waals surface area (Å²) in [7, 11) is 0. The van der Waals surface area contributed by atoms with Crippen molar-refractivity contribution in [2.24, 2.45) is 0 Å². The molecule has 0 unspecified atom stereocenters. The van der Waals surface area contributed by atoms with Crippen molar-refractivity contribution in [2.45, 2.75) is 13.1 Å². The van der Waals surface area contributed by atoms with Gasteiger partial charge < -0.3 is 4.90 Å². The first kappa shape index (κ1) is 11.0. The number of anilines is 1. The van der Waals surface area contributed by atoms with Gasteiger partial charge in [-0.3, -0.25) is 0 Å². The maximum atomic E-state index is 5.98. The Labute approximate surface area is 113 Å². The van der Waals surface area contributed by atoms with Gasteiger partial charge in [-0.15, -0.1) is 0 Å². The van der Waals surface area contributed by atoms with Crippen molar-refractivity contribution in [1.29, 1.82) is 0 Å². The summed E-state index contributed by atoms with van der Waals surface area (Å²) in [6.07, 6.45) is 1.49. The van der Waals surface area contributed by atoms with E-state index in [1.165, 1.54) is 17.5 Å². The Bertz CT molecular complexity index is 548. The van der Waals surface area contributed by atoms with Crippen molar-refractivity contribution in [3.8, 4) is 0 Å². The third-order valence-corrected chi connectivity index (χ3v) is 4.11. The Morgan fingerprint density at radius 1 is 1.12 bits per heavy atom. The number of benzene rings is 1. The summed E-state index contributed by atoms with van der Waals surface area (Å²) in [6.45, 7) is 1.73. The van der Waals surface area contributed by atoms with Crippen LogP contribution in [-0.2, 0) is 13.1 Å². The molecule has 2 heterocycles. The number of nitrogens with zero attached hydrogens (tertiary/aromatic N) is 3. The summed E-state index contributed by atoms with van der Waals surface area (Å²) in [6, 6.07) is 8.41. The van der Waals surface area contributed by atoms with Crippen LogP contribution in [0.25, 0.3) is 0 Å². The van der Waals surface area contributed by atoms with Gasteiger partial charge in [-0.05, 0) is 27.1 Å². The van der Waals surface area contributed by atoms with E-state index in [0.717, 1.165) is 23.4 Å². The third kappa shape index (κ3) is 1.91. The lowest BCUT2D eigenvalue weighted by atomic mass is 10.1. The maximum Gasteiger partial charge on any atom is 0.148 e. The minimum atomic E-state index is 0.450. The minimum Gasteiger partial charge on any atom is -0.347 e. The van der Waals surface area contributed by atoms with Gasteiger partial charge in [-0.2, -0.15) is 0 Å². The van der Waals surface area contributed by atoms with E-state index in [9.17, 15) is 0 Å². The summed E-state index contributed by atoms with van der Waals surface area (Å²) in [5, 5.41) is 0.450. The largest absolute Gasteiger partial charge is 0.347 e. The molecule has 3 nitrogen and oxygen atoms in total. The quantitative estimate of drug-likeness (QED) is 0.756. The minimum absolute atomic E-state index is 0.450. The summed E-state index contributed by atoms with van der Waals surface area (Å²) in [4.78, 5) is 10.4. The fourth-order valence-electron chi connectivity index (χ4n) is 2.04. The number of hydrogen-bond acceptors (Lipinski definition) is 3. The van der Waals surface area contributed by atoms with Gasteiger partial charge in [0.15, 0.2) is 0 Å². The molecular weight excluding hydrogens is 302 g/mol. The molecule has 0 fully saturated rings. The van der Waals surface area contributed by atoms with Crippen LogP contribution < -0.4 is 4.90 Å². The van der Waals surface area contributed by atoms with Crippen LogP contribution in [-0.4, -0.2) is 9.97 Å². The Kier molecular flexibility index (Phi) is 2.76. The fraction of sp³-hybridized carbons (Fsp3) is 0.167. The Balaban J connectivity index is 1.97. The number of fused-ring (bicyclic) bond motifs is 1. The molecule has 1 aliphatic heterocycles. The van der Waals surface area contributed by atoms with Crippen LogP contribution in [0.15, 0.2) is 35.1 Å². The highest BCUT2D eigenvalue weighted by Gasteiger charge is 2.22. The summed E-state index contributed by atoms with van der Waals surface area (Å²) >= 11 is 9.42. The van der Waals surface area contributed by atoms with Gasteiger partial charge in [0.05, 0.1) is 4.47 Å². The number of rotatable bonds is 1. The van der Waals surface area contributed by atoms with Crippen LogP contribution in [0, 0.1) is 0 Å². The third-order valence-electron chi connectivity index (χ3n) is 2.87. The fourth-order valence-corrected chi connectivity index (χ4v) is 2.63. The molecule has 0 atom stereocenters. The first-order valence-corrected chi connectivity index (χ1v) is 6.40. The van der Waals surface area contributed by atoms with Gasteiger partial charge in [0.25, 0.3) is 0 Å². The van der Waals surface area contributed by atoms with E-state index in [0.29, 0.717) is 5.15 Å². The monoisotopic (exact) mass is 309 g/mol. The van der Waals surface area contributed by atoms with Crippen molar-refractivity contribution in [3.63, 3.8) is 0 Å². The lowest BCUT2D eigenvalue weighted by Crippen LogP contribution is -2.16. The molecule has 3 rings (SSSR count). The maximum absolute atomic E-state index is 5.98. The Morgan fingerprint density at radius 2 is 1.76 bits per heavy atom. The lowest BCUT2D eigenvalue weighted by Gasteiger charge is -2.17. The van der Waals surface area contributed by atoms with E-state index in [1.807, 2.05) is 0 Å². The Morgan fingerprint density at radius 3 is 2.41 bits per heavy atom. The number of hydrogen-bond donors (Lipinski definition) is 0. The highest BCUT2D eigenvalue weighted by atomic mass is 79.9. The van der Waals surface area contributed by atoms with Crippen molar-refractivity contribution >= 4 is 33.3 Å². The zero-order valence-electron chi connectivity index (χ0n) is 8.90. The van der Waals surface area contributed by atoms with Gasteiger partial charge in [0, 0.05) is 13.1 Å². The molecule has 1 aromatic heterocycles. The van der Waals surface area contributed by atoms with E-state index in [4.69, 9.17) is 11.6 Å². The van der Waals surface area contributed by atoms with Crippen LogP contribution in [0.3, 0.4) is 0 Å². The van der Waals surface area contributed by atoms with E-state index >= 15 is 0 Å². The second kappa shape index (κ2) is 4.27. The predicted octanol–water partition coefficient (Wildman–Crippen LogP) is 3.41. The van der Waals surface area contributed by atoms with Crippen LogP contribution in [0.1, 0.15) is 11.1 Å². The van der Waals surface area contributed by atoms with Crippen molar-refractivity contribution < 1.29 is 0 Å². The summed E-state index contributed by atoms with van der Waals surface area (Å²) < 4.78 is 0.759. The average molecular weight is 311 g/mol. The van der Waals surface area contributed by atoms with E-state index in [-0.39, 0.29) is 0 Å². The zero-order chi connectivity index (χ0) is 11.8. The molecule has 17 heavy (non-hydrogen) atoms. The number of halogens is 2. The highest BCUT2D eigenvalue weighted by molar-refractivity contribution is 9.10. The molecule has 1 aromatic carbocycles. The normalized spacial score (nSPS) is 13.9. The lowest BCUT2D eigenvalue weighted by molar-refractivity contribution is 0.847. The summed E-state index contributed by atoms with van der Waals surface area (Å²) in [5.41, 5.74) is 2.68. The molecule has 0 saturated carbocycles. The van der Waals surface area contributed by atoms with Crippen molar-refractivity contribution in [2.75, 3.05) is 4.90 Å². The van der Waals surface area contributed by atoms with Crippen LogP contribution in [0.4, 0.5) is 5.82 Å². The van der Waals surface area contributed by atoms with E-state index < -0.39 is 0 Å². The standard InChI is InChI=1S/C12H9BrClN3/c13-10-11(14)15-7-16-12(10)17-5-8-3-1-2-4-9(8)6-17/h1-4,7H,5-6H2. The van der Waals surface area contributed by atoms with Crippen LogP contribution in [0.5, 0.6) is 0 Å². The molecule has 0 N–H and O–H groups in total. The molecule has 86 valence electrons. The van der Waals surface area contributed by atoms with Gasteiger partial charge in [-0.1, -0.05) is 35.9 Å². The first-order chi connectivity index (χ1) is 8.25. The Hall–Kier alpha value is -1.13.